The predicted octanol–water partition coefficient (Wildman–Crippen LogP) is 10.1. The van der Waals surface area contributed by atoms with E-state index in [2.05, 4.69) is 104 Å². The van der Waals surface area contributed by atoms with Crippen LogP contribution in [0.1, 0.15) is 89.2 Å². The van der Waals surface area contributed by atoms with Gasteiger partial charge in [0.2, 0.25) is 12.6 Å². The molecule has 0 spiro atoms. The van der Waals surface area contributed by atoms with Crippen molar-refractivity contribution in [1.82, 2.24) is 0 Å². The molecule has 2 aliphatic heterocycles. The van der Waals surface area contributed by atoms with E-state index in [1.54, 1.807) is 0 Å². The topological polar surface area (TPSA) is 27.7 Å². The highest BCUT2D eigenvalue weighted by Gasteiger charge is 2.40. The van der Waals surface area contributed by atoms with Gasteiger partial charge in [0.15, 0.2) is 0 Å². The fourth-order valence-electron chi connectivity index (χ4n) is 5.11. The van der Waals surface area contributed by atoms with Crippen LogP contribution in [0.15, 0.2) is 36.4 Å². The van der Waals surface area contributed by atoms with Gasteiger partial charge in [0.05, 0.1) is 27.3 Å². The molecule has 0 saturated heterocycles. The Bertz CT molecular complexity index is 1020. The lowest BCUT2D eigenvalue weighted by Gasteiger charge is -2.40. The lowest BCUT2D eigenvalue weighted by atomic mass is 9.99. The minimum Gasteiger partial charge on any atom is -0.459 e. The van der Waals surface area contributed by atoms with Crippen LogP contribution in [0.4, 0.5) is 0 Å². The van der Waals surface area contributed by atoms with Crippen molar-refractivity contribution < 1.29 is 14.2 Å². The van der Waals surface area contributed by atoms with E-state index in [9.17, 15) is 0 Å². The van der Waals surface area contributed by atoms with Gasteiger partial charge in [-0.25, -0.2) is 0 Å². The third-order valence-electron chi connectivity index (χ3n) is 10.0. The molecule has 2 atom stereocenters. The summed E-state index contributed by atoms with van der Waals surface area (Å²) >= 11 is 0. The van der Waals surface area contributed by atoms with Gasteiger partial charge in [0, 0.05) is 0 Å². The van der Waals surface area contributed by atoms with Crippen LogP contribution < -0.4 is 9.47 Å². The van der Waals surface area contributed by atoms with Crippen molar-refractivity contribution >= 4 is 16.1 Å². The summed E-state index contributed by atoms with van der Waals surface area (Å²) in [4.78, 5) is 0. The highest BCUT2D eigenvalue weighted by atomic mass is 28.3. The molecule has 3 nitrogen and oxygen atoms in total. The second kappa shape index (κ2) is 10.2. The normalized spacial score (nSPS) is 19.5. The van der Waals surface area contributed by atoms with Gasteiger partial charge in [-0.2, -0.15) is 0 Å². The summed E-state index contributed by atoms with van der Waals surface area (Å²) in [6.07, 6.45) is 3.67. The van der Waals surface area contributed by atoms with Gasteiger partial charge in [0.1, 0.15) is 11.5 Å². The average molecular weight is 539 g/mol. The highest BCUT2D eigenvalue weighted by Crippen LogP contribution is 2.50. The first-order valence-electron chi connectivity index (χ1n) is 14.3. The van der Waals surface area contributed by atoms with Crippen molar-refractivity contribution in [2.45, 2.75) is 128 Å². The average Bonchev–Trinajstić information content (AvgIpc) is 2.78. The first kappa shape index (κ1) is 28.4. The number of hydrogen-bond donors (Lipinski definition) is 0. The summed E-state index contributed by atoms with van der Waals surface area (Å²) in [6, 6.07) is 15.6. The molecule has 37 heavy (non-hydrogen) atoms. The maximum atomic E-state index is 6.58. The maximum Gasteiger partial charge on any atom is 0.233 e. The molecule has 5 heteroatoms. The third kappa shape index (κ3) is 5.89. The molecule has 0 fully saturated rings. The molecule has 2 aromatic rings. The van der Waals surface area contributed by atoms with Gasteiger partial charge in [-0.15, -0.1) is 0 Å². The molecule has 0 aromatic heterocycles. The van der Waals surface area contributed by atoms with Crippen LogP contribution in [0.2, 0.25) is 48.4 Å². The fourth-order valence-corrected chi connectivity index (χ4v) is 8.73. The molecule has 0 N–H and O–H groups in total. The Morgan fingerprint density at radius 3 is 1.35 bits per heavy atom. The fraction of sp³-hybridized carbons (Fsp3) is 0.625. The van der Waals surface area contributed by atoms with Crippen molar-refractivity contribution in [3.05, 3.63) is 58.7 Å². The van der Waals surface area contributed by atoms with E-state index >= 15 is 0 Å². The number of rotatable bonds is 8. The molecule has 4 rings (SSSR count). The molecule has 0 aliphatic carbocycles. The Labute approximate surface area is 228 Å². The smallest absolute Gasteiger partial charge is 0.233 e. The van der Waals surface area contributed by atoms with Crippen LogP contribution in [0.25, 0.3) is 0 Å². The SMILES string of the molecule is CC(C)(C)[Si](C)(C)CCCc1cccc2c1OC1OC2Oc2c(CCC[Si](C)(C)C(C)(C)C)cccc21. The summed E-state index contributed by atoms with van der Waals surface area (Å²) in [5, 5.41) is 0.842. The molecular weight excluding hydrogens is 489 g/mol. The van der Waals surface area contributed by atoms with E-state index in [1.165, 1.54) is 36.1 Å². The summed E-state index contributed by atoms with van der Waals surface area (Å²) in [6.45, 7) is 24.5. The van der Waals surface area contributed by atoms with Gasteiger partial charge in [-0.05, 0) is 46.2 Å². The lowest BCUT2D eigenvalue weighted by molar-refractivity contribution is -0.228. The number of aryl methyl sites for hydroxylation is 2. The van der Waals surface area contributed by atoms with E-state index in [4.69, 9.17) is 14.2 Å². The Balaban J connectivity index is 1.49. The summed E-state index contributed by atoms with van der Waals surface area (Å²) in [5.74, 6) is 1.96. The molecule has 2 bridgehead atoms. The Morgan fingerprint density at radius 1 is 0.622 bits per heavy atom. The van der Waals surface area contributed by atoms with E-state index in [0.717, 1.165) is 35.5 Å². The van der Waals surface area contributed by atoms with Crippen molar-refractivity contribution in [1.29, 1.82) is 0 Å². The van der Waals surface area contributed by atoms with Crippen LogP contribution in [0.3, 0.4) is 0 Å². The third-order valence-corrected chi connectivity index (χ3v) is 21.3. The van der Waals surface area contributed by atoms with Crippen LogP contribution in [0, 0.1) is 0 Å². The van der Waals surface area contributed by atoms with E-state index in [0.29, 0.717) is 10.1 Å². The van der Waals surface area contributed by atoms with Gasteiger partial charge in [0.25, 0.3) is 0 Å². The largest absolute Gasteiger partial charge is 0.459 e. The van der Waals surface area contributed by atoms with Gasteiger partial charge >= 0.3 is 0 Å². The molecule has 0 amide bonds. The van der Waals surface area contributed by atoms with Crippen LogP contribution in [0.5, 0.6) is 11.5 Å². The minimum atomic E-state index is -1.29. The number of benzene rings is 2. The molecule has 0 saturated carbocycles. The number of para-hydroxylation sites is 2. The molecular formula is C32H50O3Si2. The first-order valence-corrected chi connectivity index (χ1v) is 20.7. The predicted molar refractivity (Wildman–Crippen MR) is 161 cm³/mol. The van der Waals surface area contributed by atoms with Crippen LogP contribution in [-0.4, -0.2) is 16.1 Å². The number of fused-ring (bicyclic) bond motifs is 6. The standard InChI is InChI=1S/C32H50O3Si2/c1-31(2,3)36(7,8)21-13-17-23-15-11-19-25-27(23)33-30-26-20-12-16-24(28(26)34-29(25)35-30)18-14-22-37(9,10)32(4,5)6/h11-12,15-16,19-20,29-30H,13-14,17-18,21-22H2,1-10H3. The maximum absolute atomic E-state index is 6.58. The van der Waals surface area contributed by atoms with Gasteiger partial charge < -0.3 is 9.47 Å². The lowest BCUT2D eigenvalue weighted by Crippen LogP contribution is -2.36. The molecule has 2 unspecified atom stereocenters. The summed E-state index contributed by atoms with van der Waals surface area (Å²) in [7, 11) is -2.58. The highest BCUT2D eigenvalue weighted by molar-refractivity contribution is 6.80. The zero-order chi connectivity index (χ0) is 27.2. The Kier molecular flexibility index (Phi) is 7.84. The van der Waals surface area contributed by atoms with Crippen molar-refractivity contribution in [2.24, 2.45) is 0 Å². The van der Waals surface area contributed by atoms with Gasteiger partial charge in [-0.1, -0.05) is 117 Å². The molecule has 2 heterocycles. The van der Waals surface area contributed by atoms with Crippen LogP contribution in [-0.2, 0) is 17.6 Å². The number of hydrogen-bond acceptors (Lipinski definition) is 3. The van der Waals surface area contributed by atoms with Crippen LogP contribution >= 0.6 is 0 Å². The molecule has 2 aromatic carbocycles. The molecule has 0 radical (unpaired) electrons. The van der Waals surface area contributed by atoms with Gasteiger partial charge in [-0.3, -0.25) is 4.74 Å². The Hall–Kier alpha value is -1.57. The van der Waals surface area contributed by atoms with E-state index in [1.807, 2.05) is 0 Å². The minimum absolute atomic E-state index is 0.400. The van der Waals surface area contributed by atoms with Crippen molar-refractivity contribution in [3.8, 4) is 11.5 Å². The zero-order valence-corrected chi connectivity index (χ0v) is 27.1. The van der Waals surface area contributed by atoms with Crippen molar-refractivity contribution in [2.75, 3.05) is 0 Å². The molecule has 204 valence electrons. The Morgan fingerprint density at radius 2 is 1.00 bits per heavy atom. The zero-order valence-electron chi connectivity index (χ0n) is 25.1. The molecule has 2 aliphatic rings. The van der Waals surface area contributed by atoms with E-state index < -0.39 is 28.7 Å². The summed E-state index contributed by atoms with van der Waals surface area (Å²) in [5.41, 5.74) is 4.63. The second-order valence-electron chi connectivity index (χ2n) is 14.7. The second-order valence-corrected chi connectivity index (χ2v) is 26.2. The quantitative estimate of drug-likeness (QED) is 0.313. The van der Waals surface area contributed by atoms with E-state index in [-0.39, 0.29) is 0 Å². The monoisotopic (exact) mass is 538 g/mol. The first-order chi connectivity index (χ1) is 17.1. The number of ether oxygens (including phenoxy) is 3. The summed E-state index contributed by atoms with van der Waals surface area (Å²) < 4.78 is 19.4. The van der Waals surface area contributed by atoms with Crippen molar-refractivity contribution in [3.63, 3.8) is 0 Å².